The highest BCUT2D eigenvalue weighted by atomic mass is 127. The van der Waals surface area contributed by atoms with Gasteiger partial charge in [-0.1, -0.05) is 35.1 Å². The molecule has 0 radical (unpaired) electrons. The summed E-state index contributed by atoms with van der Waals surface area (Å²) in [6.45, 7) is 9.08. The molecule has 1 aliphatic heterocycles. The molecule has 1 aliphatic carbocycles. The van der Waals surface area contributed by atoms with Gasteiger partial charge in [0, 0.05) is 67.4 Å². The van der Waals surface area contributed by atoms with Crippen molar-refractivity contribution in [2.45, 2.75) is 33.2 Å². The van der Waals surface area contributed by atoms with Crippen LogP contribution in [0.25, 0.3) is 0 Å². The SMILES string of the molecule is COCCN(I)[C@@H]1C[C@H](C)CN(C2=C(F)C=C(C#N)/C(=N/C=C\I)C2=C(C)C)C1. The summed E-state index contributed by atoms with van der Waals surface area (Å²) in [5.74, 6) is 0.0585. The van der Waals surface area contributed by atoms with E-state index < -0.39 is 0 Å². The summed E-state index contributed by atoms with van der Waals surface area (Å²) in [6, 6.07) is 2.40. The number of nitrogens with zero attached hydrogens (tertiary/aromatic N) is 4. The van der Waals surface area contributed by atoms with E-state index in [1.807, 2.05) is 13.8 Å². The molecule has 0 aromatic carbocycles. The summed E-state index contributed by atoms with van der Waals surface area (Å²) in [4.78, 5) is 6.60. The van der Waals surface area contributed by atoms with E-state index in [4.69, 9.17) is 4.74 Å². The molecule has 8 heteroatoms. The Morgan fingerprint density at radius 1 is 1.48 bits per heavy atom. The Morgan fingerprint density at radius 3 is 2.79 bits per heavy atom. The van der Waals surface area contributed by atoms with Gasteiger partial charge in [0.1, 0.15) is 11.9 Å². The molecule has 29 heavy (non-hydrogen) atoms. The van der Waals surface area contributed by atoms with Crippen LogP contribution in [0, 0.1) is 17.2 Å². The zero-order chi connectivity index (χ0) is 21.6. The molecule has 0 amide bonds. The van der Waals surface area contributed by atoms with E-state index >= 15 is 4.39 Å². The largest absolute Gasteiger partial charge is 0.383 e. The van der Waals surface area contributed by atoms with Gasteiger partial charge in [-0.05, 0) is 36.3 Å². The highest BCUT2D eigenvalue weighted by Crippen LogP contribution is 2.36. The third kappa shape index (κ3) is 6.12. The van der Waals surface area contributed by atoms with E-state index in [1.165, 1.54) is 6.08 Å². The predicted octanol–water partition coefficient (Wildman–Crippen LogP) is 5.32. The fourth-order valence-electron chi connectivity index (χ4n) is 3.80. The van der Waals surface area contributed by atoms with Crippen LogP contribution in [0.5, 0.6) is 0 Å². The van der Waals surface area contributed by atoms with Crippen molar-refractivity contribution in [1.82, 2.24) is 8.01 Å². The lowest BCUT2D eigenvalue weighted by molar-refractivity contribution is 0.129. The molecular weight excluding hydrogens is 597 g/mol. The number of ether oxygens (including phenoxy) is 1. The number of piperidine rings is 1. The molecule has 0 unspecified atom stereocenters. The first-order valence-electron chi connectivity index (χ1n) is 9.53. The Kier molecular flexibility index (Phi) is 9.78. The van der Waals surface area contributed by atoms with Gasteiger partial charge in [-0.2, -0.15) is 5.26 Å². The Bertz CT molecular complexity index is 806. The van der Waals surface area contributed by atoms with E-state index in [1.54, 1.807) is 17.4 Å². The lowest BCUT2D eigenvalue weighted by atomic mass is 9.87. The molecule has 1 fully saturated rings. The predicted molar refractivity (Wildman–Crippen MR) is 133 cm³/mol. The number of methoxy groups -OCH3 is 1. The number of likely N-dealkylation sites (tertiary alicyclic amines) is 1. The van der Waals surface area contributed by atoms with Crippen LogP contribution >= 0.6 is 45.5 Å². The summed E-state index contributed by atoms with van der Waals surface area (Å²) in [5, 5.41) is 9.54. The van der Waals surface area contributed by atoms with Gasteiger partial charge in [0.2, 0.25) is 0 Å². The summed E-state index contributed by atoms with van der Waals surface area (Å²) in [7, 11) is 1.70. The van der Waals surface area contributed by atoms with Gasteiger partial charge in [-0.15, -0.1) is 0 Å². The summed E-state index contributed by atoms with van der Waals surface area (Å²) < 4.78 is 24.6. The lowest BCUT2D eigenvalue weighted by Gasteiger charge is -2.43. The quantitative estimate of drug-likeness (QED) is 0.297. The zero-order valence-corrected chi connectivity index (χ0v) is 21.6. The van der Waals surface area contributed by atoms with Gasteiger partial charge in [-0.25, -0.2) is 7.50 Å². The van der Waals surface area contributed by atoms with Crippen molar-refractivity contribution >= 4 is 51.2 Å². The molecule has 158 valence electrons. The molecule has 0 spiro atoms. The van der Waals surface area contributed by atoms with Crippen LogP contribution in [-0.2, 0) is 4.74 Å². The van der Waals surface area contributed by atoms with Gasteiger partial charge in [0.15, 0.2) is 0 Å². The van der Waals surface area contributed by atoms with Gasteiger partial charge >= 0.3 is 0 Å². The minimum absolute atomic E-state index is 0.258. The molecule has 2 aliphatic rings. The molecule has 0 saturated carbocycles. The van der Waals surface area contributed by atoms with Crippen LogP contribution < -0.4 is 0 Å². The molecule has 2 atom stereocenters. The second kappa shape index (κ2) is 11.6. The normalized spacial score (nSPS) is 24.5. The number of nitriles is 1. The van der Waals surface area contributed by atoms with Crippen molar-refractivity contribution in [3.8, 4) is 6.07 Å². The maximum atomic E-state index is 15.3. The van der Waals surface area contributed by atoms with E-state index in [2.05, 4.69) is 71.5 Å². The number of hydrogen-bond acceptors (Lipinski definition) is 5. The van der Waals surface area contributed by atoms with E-state index in [0.717, 1.165) is 37.2 Å². The second-order valence-electron chi connectivity index (χ2n) is 7.51. The fraction of sp³-hybridized carbons (Fsp3) is 0.524. The third-order valence-corrected chi connectivity index (χ3v) is 6.56. The summed E-state index contributed by atoms with van der Waals surface area (Å²) in [5.41, 5.74) is 3.02. The Morgan fingerprint density at radius 2 is 2.21 bits per heavy atom. The Labute approximate surface area is 200 Å². The van der Waals surface area contributed by atoms with Crippen LogP contribution in [0.2, 0.25) is 0 Å². The Hall–Kier alpha value is -0.770. The van der Waals surface area contributed by atoms with Crippen molar-refractivity contribution in [2.75, 3.05) is 33.4 Å². The smallest absolute Gasteiger partial charge is 0.148 e. The average Bonchev–Trinajstić information content (AvgIpc) is 2.69. The number of allylic oxidation sites excluding steroid dienone is 5. The van der Waals surface area contributed by atoms with Crippen molar-refractivity contribution < 1.29 is 9.13 Å². The summed E-state index contributed by atoms with van der Waals surface area (Å²) >= 11 is 4.43. The van der Waals surface area contributed by atoms with Gasteiger partial charge in [0.05, 0.1) is 23.6 Å². The molecule has 1 heterocycles. The summed E-state index contributed by atoms with van der Waals surface area (Å²) in [6.07, 6.45) is 4.02. The highest BCUT2D eigenvalue weighted by Gasteiger charge is 2.35. The molecule has 2 rings (SSSR count). The number of halogens is 3. The number of hydrogen-bond donors (Lipinski definition) is 0. The fourth-order valence-corrected chi connectivity index (χ4v) is 4.56. The van der Waals surface area contributed by atoms with E-state index in [9.17, 15) is 5.26 Å². The first kappa shape index (κ1) is 24.5. The van der Waals surface area contributed by atoms with E-state index in [-0.39, 0.29) is 11.4 Å². The minimum Gasteiger partial charge on any atom is -0.383 e. The van der Waals surface area contributed by atoms with Crippen molar-refractivity contribution in [2.24, 2.45) is 10.9 Å². The maximum absolute atomic E-state index is 15.3. The first-order chi connectivity index (χ1) is 13.8. The molecule has 1 saturated heterocycles. The van der Waals surface area contributed by atoms with Crippen LogP contribution in [0.4, 0.5) is 4.39 Å². The minimum atomic E-state index is -0.361. The first-order valence-corrected chi connectivity index (χ1v) is 11.7. The van der Waals surface area contributed by atoms with Gasteiger partial charge < -0.3 is 9.64 Å². The zero-order valence-electron chi connectivity index (χ0n) is 17.3. The second-order valence-corrected chi connectivity index (χ2v) is 9.47. The van der Waals surface area contributed by atoms with Crippen molar-refractivity contribution in [3.05, 3.63) is 44.6 Å². The van der Waals surface area contributed by atoms with Crippen LogP contribution in [-0.4, -0.2) is 53.1 Å². The third-order valence-electron chi connectivity index (χ3n) is 4.97. The molecule has 0 N–H and O–H groups in total. The van der Waals surface area contributed by atoms with Crippen molar-refractivity contribution in [1.29, 1.82) is 5.26 Å². The van der Waals surface area contributed by atoms with Gasteiger partial charge in [0.25, 0.3) is 0 Å². The average molecular weight is 624 g/mol. The molecule has 0 aromatic rings. The lowest BCUT2D eigenvalue weighted by Crippen LogP contribution is -2.48. The van der Waals surface area contributed by atoms with Crippen molar-refractivity contribution in [3.63, 3.8) is 0 Å². The number of rotatable bonds is 6. The topological polar surface area (TPSA) is 51.9 Å². The van der Waals surface area contributed by atoms with Crippen LogP contribution in [0.1, 0.15) is 27.2 Å². The molecule has 0 aromatic heterocycles. The van der Waals surface area contributed by atoms with Gasteiger partial charge in [-0.3, -0.25) is 4.99 Å². The molecule has 0 bridgehead atoms. The molecular formula is C21H27FI2N4O. The highest BCUT2D eigenvalue weighted by molar-refractivity contribution is 14.1. The standard InChI is InChI=1S/C21H27FI2N4O/c1-14(2)19-20(26-6-5-23)16(11-25)10-18(22)21(19)27-12-15(3)9-17(13-27)28(24)7-8-29-4/h5-6,10,15,17H,7-9,12-13H2,1-4H3/b6-5-,26-20-/t15-,17+/m0/s1. The monoisotopic (exact) mass is 624 g/mol. The van der Waals surface area contributed by atoms with E-state index in [0.29, 0.717) is 30.0 Å². The number of aliphatic imine (C=N–C) groups is 1. The Balaban J connectivity index is 2.48. The van der Waals surface area contributed by atoms with Crippen LogP contribution in [0.3, 0.4) is 0 Å². The van der Waals surface area contributed by atoms with Crippen LogP contribution in [0.15, 0.2) is 49.6 Å². The maximum Gasteiger partial charge on any atom is 0.148 e. The molecule has 5 nitrogen and oxygen atoms in total.